The van der Waals surface area contributed by atoms with Crippen molar-refractivity contribution in [3.63, 3.8) is 0 Å². The molecule has 5 aromatic carbocycles. The van der Waals surface area contributed by atoms with E-state index in [1.165, 1.54) is 45.1 Å². The molecule has 5 atom stereocenters. The second kappa shape index (κ2) is 24.7. The van der Waals surface area contributed by atoms with Gasteiger partial charge in [0.05, 0.1) is 48.8 Å². The van der Waals surface area contributed by atoms with Crippen molar-refractivity contribution < 1.29 is 70.3 Å². The van der Waals surface area contributed by atoms with Gasteiger partial charge in [-0.25, -0.2) is 0 Å². The van der Waals surface area contributed by atoms with E-state index in [2.05, 4.69) is 26.6 Å². The molecule has 25 heteroatoms. The summed E-state index contributed by atoms with van der Waals surface area (Å²) in [7, 11) is -1.97. The van der Waals surface area contributed by atoms with Crippen molar-refractivity contribution in [3.05, 3.63) is 137 Å². The van der Waals surface area contributed by atoms with Crippen LogP contribution in [0.2, 0.25) is 0 Å². The normalized spacial score (nSPS) is 17.8. The Kier molecular flexibility index (Phi) is 17.0. The largest absolute Gasteiger partial charge is 0.493 e. The van der Waals surface area contributed by atoms with E-state index >= 15 is 0 Å². The Morgan fingerprint density at radius 1 is 0.694 bits per heavy atom. The van der Waals surface area contributed by atoms with Gasteiger partial charge >= 0.3 is 0 Å². The quantitative estimate of drug-likeness (QED) is 0.0305. The first-order chi connectivity index (χ1) is 40.8. The van der Waals surface area contributed by atoms with Crippen LogP contribution in [0.15, 0.2) is 108 Å². The van der Waals surface area contributed by atoms with E-state index in [4.69, 9.17) is 23.9 Å². The molecule has 1 unspecified atom stereocenters. The van der Waals surface area contributed by atoms with E-state index in [0.29, 0.717) is 47.3 Å². The highest BCUT2D eigenvalue weighted by Gasteiger charge is 2.47. The van der Waals surface area contributed by atoms with Crippen LogP contribution in [0.4, 0.5) is 28.4 Å². The molecular formula is C60H61N9O15S. The van der Waals surface area contributed by atoms with Crippen LogP contribution in [0.25, 0.3) is 0 Å². The van der Waals surface area contributed by atoms with Gasteiger partial charge in [-0.15, -0.1) is 0 Å². The molecule has 0 aliphatic carbocycles. The van der Waals surface area contributed by atoms with Crippen molar-refractivity contribution in [2.75, 3.05) is 47.7 Å². The Hall–Kier alpha value is -9.62. The van der Waals surface area contributed by atoms with E-state index in [1.807, 2.05) is 24.3 Å². The fourth-order valence-corrected chi connectivity index (χ4v) is 11.8. The van der Waals surface area contributed by atoms with E-state index in [0.717, 1.165) is 33.9 Å². The lowest BCUT2D eigenvalue weighted by Gasteiger charge is -2.27. The summed E-state index contributed by atoms with van der Waals surface area (Å²) in [6, 6.07) is 22.3. The van der Waals surface area contributed by atoms with Crippen molar-refractivity contribution in [3.8, 4) is 23.0 Å². The number of carbonyl (C=O) groups excluding carboxylic acids is 8. The molecule has 0 saturated carbocycles. The Morgan fingerprint density at radius 3 is 1.92 bits per heavy atom. The first kappa shape index (κ1) is 58.6. The summed E-state index contributed by atoms with van der Waals surface area (Å²) in [4.78, 5) is 113. The van der Waals surface area contributed by atoms with Gasteiger partial charge in [-0.1, -0.05) is 36.4 Å². The molecule has 5 aliphatic heterocycles. The number of nitrogens with zero attached hydrogens (tertiary/aromatic N) is 4. The highest BCUT2D eigenvalue weighted by molar-refractivity contribution is 7.86. The molecule has 24 nitrogen and oxygen atoms in total. The Bertz CT molecular complexity index is 3720. The first-order valence-corrected chi connectivity index (χ1v) is 28.9. The maximum absolute atomic E-state index is 14.3. The second-order valence-electron chi connectivity index (χ2n) is 20.9. The zero-order valence-electron chi connectivity index (χ0n) is 46.7. The number of ether oxygens (including phenoxy) is 4. The number of aliphatic imine (C=N–C) groups is 1. The van der Waals surface area contributed by atoms with Crippen LogP contribution in [0.3, 0.4) is 0 Å². The highest BCUT2D eigenvalue weighted by Crippen LogP contribution is 2.44. The molecule has 0 radical (unpaired) electrons. The summed E-state index contributed by atoms with van der Waals surface area (Å²) in [6.45, 7) is 2.71. The molecule has 5 aliphatic rings. The summed E-state index contributed by atoms with van der Waals surface area (Å²) >= 11 is 0. The van der Waals surface area contributed by atoms with Gasteiger partial charge in [0.15, 0.2) is 28.4 Å². The van der Waals surface area contributed by atoms with Gasteiger partial charge < -0.3 is 50.4 Å². The number of nitrogens with one attached hydrogen (secondary N) is 5. The van der Waals surface area contributed by atoms with Crippen molar-refractivity contribution in [2.45, 2.75) is 95.1 Å². The molecule has 0 aromatic heterocycles. The fourth-order valence-electron chi connectivity index (χ4n) is 10.9. The molecule has 6 N–H and O–H groups in total. The van der Waals surface area contributed by atoms with Crippen molar-refractivity contribution in [1.82, 2.24) is 20.9 Å². The van der Waals surface area contributed by atoms with Crippen LogP contribution >= 0.6 is 0 Å². The molecule has 5 aromatic rings. The molecule has 85 heavy (non-hydrogen) atoms. The number of hydrogen-bond acceptors (Lipinski definition) is 16. The predicted molar refractivity (Wildman–Crippen MR) is 311 cm³/mol. The number of para-hydroxylation sites is 2. The Labute approximate surface area is 488 Å². The Balaban J connectivity index is 0.831. The summed E-state index contributed by atoms with van der Waals surface area (Å²) < 4.78 is 60.7. The number of hydrogen-bond donors (Lipinski definition) is 6. The first-order valence-electron chi connectivity index (χ1n) is 27.4. The van der Waals surface area contributed by atoms with Gasteiger partial charge in [0.2, 0.25) is 23.6 Å². The van der Waals surface area contributed by atoms with Crippen molar-refractivity contribution >= 4 is 92.0 Å². The molecule has 0 fully saturated rings. The Morgan fingerprint density at radius 2 is 1.27 bits per heavy atom. The average Bonchev–Trinajstić information content (AvgIpc) is 2.20. The van der Waals surface area contributed by atoms with Crippen LogP contribution in [0.5, 0.6) is 23.0 Å². The van der Waals surface area contributed by atoms with E-state index in [9.17, 15) is 51.3 Å². The van der Waals surface area contributed by atoms with Gasteiger partial charge in [0.1, 0.15) is 25.3 Å². The second-order valence-corrected chi connectivity index (χ2v) is 22.5. The minimum Gasteiger partial charge on any atom is -0.493 e. The average molecular weight is 1180 g/mol. The molecule has 0 saturated heterocycles. The van der Waals surface area contributed by atoms with E-state index in [-0.39, 0.29) is 103 Å². The number of benzene rings is 5. The highest BCUT2D eigenvalue weighted by atomic mass is 32.2. The van der Waals surface area contributed by atoms with Crippen LogP contribution in [0.1, 0.15) is 82.5 Å². The fraction of sp³-hybridized carbons (Fsp3) is 0.317. The van der Waals surface area contributed by atoms with Crippen LogP contribution in [-0.4, -0.2) is 128 Å². The van der Waals surface area contributed by atoms with E-state index in [1.54, 1.807) is 65.7 Å². The zero-order chi connectivity index (χ0) is 60.3. The zero-order valence-corrected chi connectivity index (χ0v) is 47.5. The smallest absolute Gasteiger partial charge is 0.288 e. The molecule has 8 amide bonds. The third-order valence-electron chi connectivity index (χ3n) is 15.1. The van der Waals surface area contributed by atoms with Gasteiger partial charge in [0.25, 0.3) is 33.7 Å². The molecule has 442 valence electrons. The minimum absolute atomic E-state index is 0.00982. The summed E-state index contributed by atoms with van der Waals surface area (Å²) in [5, 5.41) is 12.0. The van der Waals surface area contributed by atoms with E-state index < -0.39 is 69.1 Å². The summed E-state index contributed by atoms with van der Waals surface area (Å²) in [5.74, 6) is -3.01. The molecule has 0 bridgehead atoms. The maximum atomic E-state index is 14.3. The molecular weight excluding hydrogens is 1120 g/mol. The molecule has 5 heterocycles. The minimum atomic E-state index is -4.80. The third-order valence-corrected chi connectivity index (χ3v) is 16.2. The molecule has 10 rings (SSSR count). The number of anilines is 4. The standard InChI is InChI=1S/C60H61N9O15S/c1-33(63-53(71)16-10-9-15-52(70)61-19-20-67-54(72)17-18-55(67)73)56(74)64-34(2)57(75)65-39-22-35(31-83-50-28-43-41(26-48(50)81-3)59(76)68-40(30-62-43)24-37-11-5-7-13-45(37)68)21-36(23-39)32-84-51-29-44-42(27-49(51)82-4)60(77)69-46-14-8-6-12-38(46)25-47(69)58(66-44)85(78,79)80/h5-8,11-14,17-18,21-23,26-30,33-34,40,47,58,66H,9-10,15-16,19-20,24-25,31-32H2,1-4H3,(H,61,70)(H,63,71)(H,64,74)(H,65,75)(H,78,79,80)/t33-,34-,40-,47-,58?/m0/s1. The van der Waals surface area contributed by atoms with Gasteiger partial charge in [-0.2, -0.15) is 8.42 Å². The maximum Gasteiger partial charge on any atom is 0.288 e. The third kappa shape index (κ3) is 12.7. The number of imide groups is 1. The van der Waals surface area contributed by atoms with Gasteiger partial charge in [-0.3, -0.25) is 57.7 Å². The van der Waals surface area contributed by atoms with Crippen molar-refractivity contribution in [2.24, 2.45) is 4.99 Å². The topological polar surface area (TPSA) is 310 Å². The lowest BCUT2D eigenvalue weighted by Crippen LogP contribution is -2.50. The predicted octanol–water partition coefficient (Wildman–Crippen LogP) is 4.91. The van der Waals surface area contributed by atoms with Crippen molar-refractivity contribution in [1.29, 1.82) is 0 Å². The number of methoxy groups -OCH3 is 2. The summed E-state index contributed by atoms with van der Waals surface area (Å²) in [6.07, 6.45) is 5.61. The van der Waals surface area contributed by atoms with Crippen LogP contribution in [-0.2, 0) is 64.9 Å². The number of unbranched alkanes of at least 4 members (excludes halogenated alkanes) is 1. The number of fused-ring (bicyclic) bond motifs is 8. The van der Waals surface area contributed by atoms with Gasteiger partial charge in [0, 0.05) is 79.9 Å². The monoisotopic (exact) mass is 1180 g/mol. The van der Waals surface area contributed by atoms with Crippen LogP contribution < -0.4 is 55.3 Å². The SMILES string of the molecule is COc1cc2c(cc1OCc1cc(COc3cc4c(cc3OC)C(=O)N3c5ccccc5C[C@H]3C(S(=O)(=O)O)N4)cc(NC(=O)[C@H](C)NC(=O)[C@H](C)NC(=O)CCCCC(=O)NCCN3C(=O)C=CC3=O)c1)N=C[C@@H]1Cc3ccccc3N1C2=O. The number of rotatable bonds is 22. The lowest BCUT2D eigenvalue weighted by atomic mass is 10.1. The molecule has 0 spiro atoms. The lowest BCUT2D eigenvalue weighted by molar-refractivity contribution is -0.137. The van der Waals surface area contributed by atoms with Crippen LogP contribution in [0, 0.1) is 0 Å². The number of carbonyl (C=O) groups is 8. The number of amides is 8. The summed E-state index contributed by atoms with van der Waals surface area (Å²) in [5.41, 5.74) is 5.10. The van der Waals surface area contributed by atoms with Gasteiger partial charge in [-0.05, 0) is 97.8 Å².